The molecule has 0 N–H and O–H groups in total. The van der Waals surface area contributed by atoms with Gasteiger partial charge in [-0.3, -0.25) is 0 Å². The molecule has 0 saturated carbocycles. The van der Waals surface area contributed by atoms with E-state index in [0.717, 1.165) is 12.0 Å². The largest absolute Gasteiger partial charge is 0.261 e. The molecule has 1 aromatic carbocycles. The average molecular weight is 317 g/mol. The van der Waals surface area contributed by atoms with Gasteiger partial charge in [-0.1, -0.05) is 53.7 Å². The quantitative estimate of drug-likeness (QED) is 0.720. The monoisotopic (exact) mass is 316 g/mol. The van der Waals surface area contributed by atoms with Crippen LogP contribution in [-0.2, 0) is 9.05 Å². The van der Waals surface area contributed by atoms with Crippen LogP contribution in [-0.4, -0.2) is 8.42 Å². The van der Waals surface area contributed by atoms with Crippen LogP contribution in [0.5, 0.6) is 0 Å². The summed E-state index contributed by atoms with van der Waals surface area (Å²) in [5, 5.41) is 0. The molecule has 2 nitrogen and oxygen atoms in total. The fourth-order valence-corrected chi connectivity index (χ4v) is 3.17. The van der Waals surface area contributed by atoms with Crippen molar-refractivity contribution in [3.63, 3.8) is 0 Å². The van der Waals surface area contributed by atoms with Crippen LogP contribution >= 0.6 is 10.7 Å². The zero-order valence-electron chi connectivity index (χ0n) is 13.2. The maximum atomic E-state index is 11.3. The minimum absolute atomic E-state index is 0.120. The molecule has 0 aliphatic carbocycles. The second-order valence-electron chi connectivity index (χ2n) is 7.69. The molecular formula is C16H25ClO2S. The summed E-state index contributed by atoms with van der Waals surface area (Å²) in [5.74, 6) is 0.370. The molecule has 0 amide bonds. The molecular weight excluding hydrogens is 292 g/mol. The number of halogens is 1. The summed E-state index contributed by atoms with van der Waals surface area (Å²) < 4.78 is 22.6. The summed E-state index contributed by atoms with van der Waals surface area (Å²) in [6.07, 6.45) is 1.05. The summed E-state index contributed by atoms with van der Waals surface area (Å²) in [7, 11) is 1.72. The maximum Gasteiger partial charge on any atom is 0.261 e. The van der Waals surface area contributed by atoms with Gasteiger partial charge in [0.05, 0.1) is 4.90 Å². The minimum Gasteiger partial charge on any atom is -0.207 e. The molecule has 0 heterocycles. The molecule has 20 heavy (non-hydrogen) atoms. The van der Waals surface area contributed by atoms with Crippen molar-refractivity contribution in [3.8, 4) is 0 Å². The first-order valence-corrected chi connectivity index (χ1v) is 9.16. The molecule has 0 spiro atoms. The van der Waals surface area contributed by atoms with Gasteiger partial charge >= 0.3 is 0 Å². The Bertz CT molecular complexity index is 546. The van der Waals surface area contributed by atoms with Gasteiger partial charge in [-0.05, 0) is 40.9 Å². The molecule has 1 aromatic rings. The van der Waals surface area contributed by atoms with Crippen molar-refractivity contribution >= 4 is 19.7 Å². The van der Waals surface area contributed by atoms with E-state index in [9.17, 15) is 8.42 Å². The third-order valence-corrected chi connectivity index (χ3v) is 4.80. The predicted molar refractivity (Wildman–Crippen MR) is 85.7 cm³/mol. The summed E-state index contributed by atoms with van der Waals surface area (Å²) in [6, 6.07) is 6.96. The van der Waals surface area contributed by atoms with Gasteiger partial charge in [-0.2, -0.15) is 0 Å². The van der Waals surface area contributed by atoms with Crippen LogP contribution in [0, 0.1) is 10.8 Å². The van der Waals surface area contributed by atoms with Crippen molar-refractivity contribution in [2.24, 2.45) is 10.8 Å². The topological polar surface area (TPSA) is 34.1 Å². The second kappa shape index (κ2) is 5.69. The third kappa shape index (κ3) is 5.10. The van der Waals surface area contributed by atoms with Gasteiger partial charge in [-0.15, -0.1) is 0 Å². The molecule has 4 heteroatoms. The van der Waals surface area contributed by atoms with Crippen molar-refractivity contribution < 1.29 is 8.42 Å². The van der Waals surface area contributed by atoms with E-state index in [1.54, 1.807) is 12.1 Å². The summed E-state index contributed by atoms with van der Waals surface area (Å²) in [5.41, 5.74) is 1.50. The number of rotatable bonds is 3. The second-order valence-corrected chi connectivity index (χ2v) is 10.3. The zero-order chi connectivity index (χ0) is 15.8. The Morgan fingerprint density at radius 1 is 1.00 bits per heavy atom. The number of hydrogen-bond donors (Lipinski definition) is 0. The lowest BCUT2D eigenvalue weighted by atomic mass is 9.69. The first-order chi connectivity index (χ1) is 8.81. The average Bonchev–Trinajstić information content (AvgIpc) is 2.22. The Labute approximate surface area is 128 Å². The predicted octanol–water partition coefficient (Wildman–Crippen LogP) is 5.18. The standard InChI is InChI=1S/C16H25ClO2S/c1-15(2,3)11-14(16(4,5)6)12-7-9-13(10-8-12)20(17,18)19/h7-10,14H,11H2,1-6H3. The Kier molecular flexibility index (Phi) is 4.98. The van der Waals surface area contributed by atoms with Crippen LogP contribution in [0.15, 0.2) is 29.2 Å². The summed E-state index contributed by atoms with van der Waals surface area (Å²) in [4.78, 5) is 0.159. The lowest BCUT2D eigenvalue weighted by Gasteiger charge is -2.36. The van der Waals surface area contributed by atoms with Crippen LogP contribution in [0.3, 0.4) is 0 Å². The third-order valence-electron chi connectivity index (χ3n) is 3.43. The van der Waals surface area contributed by atoms with Gasteiger partial charge in [0.1, 0.15) is 0 Å². The van der Waals surface area contributed by atoms with E-state index in [1.165, 1.54) is 0 Å². The van der Waals surface area contributed by atoms with Crippen molar-refractivity contribution in [2.45, 2.75) is 58.8 Å². The Morgan fingerprint density at radius 2 is 1.45 bits per heavy atom. The lowest BCUT2D eigenvalue weighted by Crippen LogP contribution is -2.23. The summed E-state index contributed by atoms with van der Waals surface area (Å²) in [6.45, 7) is 13.3. The van der Waals surface area contributed by atoms with E-state index in [-0.39, 0.29) is 15.7 Å². The molecule has 0 aliphatic heterocycles. The molecule has 0 aliphatic rings. The first-order valence-electron chi connectivity index (χ1n) is 6.85. The van der Waals surface area contributed by atoms with Crippen LogP contribution in [0.2, 0.25) is 0 Å². The van der Waals surface area contributed by atoms with Crippen LogP contribution < -0.4 is 0 Å². The van der Waals surface area contributed by atoms with Crippen molar-refractivity contribution in [1.29, 1.82) is 0 Å². The fourth-order valence-electron chi connectivity index (χ4n) is 2.40. The van der Waals surface area contributed by atoms with E-state index in [2.05, 4.69) is 41.5 Å². The molecule has 0 bridgehead atoms. The first kappa shape index (κ1) is 17.5. The molecule has 0 fully saturated rings. The van der Waals surface area contributed by atoms with Crippen LogP contribution in [0.4, 0.5) is 0 Å². The van der Waals surface area contributed by atoms with Gasteiger partial charge < -0.3 is 0 Å². The van der Waals surface area contributed by atoms with Gasteiger partial charge in [0, 0.05) is 10.7 Å². The van der Waals surface area contributed by atoms with E-state index < -0.39 is 9.05 Å². The molecule has 1 atom stereocenters. The van der Waals surface area contributed by atoms with E-state index >= 15 is 0 Å². The van der Waals surface area contributed by atoms with Crippen molar-refractivity contribution in [2.75, 3.05) is 0 Å². The van der Waals surface area contributed by atoms with Gasteiger partial charge in [0.15, 0.2) is 0 Å². The van der Waals surface area contributed by atoms with Crippen molar-refractivity contribution in [3.05, 3.63) is 29.8 Å². The lowest BCUT2D eigenvalue weighted by molar-refractivity contribution is 0.229. The molecule has 1 rings (SSSR count). The molecule has 0 radical (unpaired) electrons. The SMILES string of the molecule is CC(C)(C)CC(c1ccc(S(=O)(=O)Cl)cc1)C(C)(C)C. The highest BCUT2D eigenvalue weighted by Crippen LogP contribution is 2.43. The van der Waals surface area contributed by atoms with Crippen molar-refractivity contribution in [1.82, 2.24) is 0 Å². The molecule has 1 unspecified atom stereocenters. The number of benzene rings is 1. The Morgan fingerprint density at radius 3 is 1.75 bits per heavy atom. The Balaban J connectivity index is 3.16. The van der Waals surface area contributed by atoms with Gasteiger partial charge in [0.25, 0.3) is 9.05 Å². The van der Waals surface area contributed by atoms with E-state index in [4.69, 9.17) is 10.7 Å². The van der Waals surface area contributed by atoms with Crippen LogP contribution in [0.1, 0.15) is 59.4 Å². The number of hydrogen-bond acceptors (Lipinski definition) is 2. The molecule has 0 saturated heterocycles. The summed E-state index contributed by atoms with van der Waals surface area (Å²) >= 11 is 0. The van der Waals surface area contributed by atoms with Crippen LogP contribution in [0.25, 0.3) is 0 Å². The minimum atomic E-state index is -3.64. The highest BCUT2D eigenvalue weighted by atomic mass is 35.7. The van der Waals surface area contributed by atoms with Gasteiger partial charge in [-0.25, -0.2) is 8.42 Å². The molecule has 0 aromatic heterocycles. The Hall–Kier alpha value is -0.540. The maximum absolute atomic E-state index is 11.3. The van der Waals surface area contributed by atoms with E-state index in [1.807, 2.05) is 12.1 Å². The molecule has 114 valence electrons. The van der Waals surface area contributed by atoms with E-state index in [0.29, 0.717) is 5.92 Å². The zero-order valence-corrected chi connectivity index (χ0v) is 14.8. The normalized spacial score (nSPS) is 15.2. The fraction of sp³-hybridized carbons (Fsp3) is 0.625. The smallest absolute Gasteiger partial charge is 0.207 e. The van der Waals surface area contributed by atoms with Gasteiger partial charge in [0.2, 0.25) is 0 Å². The highest BCUT2D eigenvalue weighted by molar-refractivity contribution is 8.13. The highest BCUT2D eigenvalue weighted by Gasteiger charge is 2.30.